The first-order chi connectivity index (χ1) is 10.6. The molecule has 0 bridgehead atoms. The first kappa shape index (κ1) is 15.6. The summed E-state index contributed by atoms with van der Waals surface area (Å²) in [7, 11) is 0. The van der Waals surface area contributed by atoms with Gasteiger partial charge in [0.1, 0.15) is 0 Å². The van der Waals surface area contributed by atoms with Gasteiger partial charge in [0.05, 0.1) is 18.3 Å². The molecule has 1 aromatic carbocycles. The number of benzene rings is 1. The number of thiazole rings is 1. The van der Waals surface area contributed by atoms with Crippen molar-refractivity contribution in [1.29, 1.82) is 0 Å². The topological polar surface area (TPSA) is 42.4 Å². The zero-order valence-electron chi connectivity index (χ0n) is 12.4. The van der Waals surface area contributed by atoms with Gasteiger partial charge >= 0.3 is 0 Å². The largest absolute Gasteiger partial charge is 0.349 e. The smallest absolute Gasteiger partial charge is 0.188 e. The number of hydrogen-bond donors (Lipinski definition) is 0. The molecule has 2 unspecified atom stereocenters. The van der Waals surface area contributed by atoms with E-state index in [1.807, 2.05) is 34.5 Å². The summed E-state index contributed by atoms with van der Waals surface area (Å²) in [4.78, 5) is 18.0. The quantitative estimate of drug-likeness (QED) is 0.752. The van der Waals surface area contributed by atoms with E-state index in [4.69, 9.17) is 9.72 Å². The van der Waals surface area contributed by atoms with Gasteiger partial charge < -0.3 is 9.64 Å². The molecule has 22 heavy (non-hydrogen) atoms. The molecule has 1 aliphatic rings. The van der Waals surface area contributed by atoms with Crippen molar-refractivity contribution in [3.05, 3.63) is 34.1 Å². The number of ether oxygens (including phenoxy) is 1. The van der Waals surface area contributed by atoms with Gasteiger partial charge in [-0.1, -0.05) is 41.9 Å². The highest BCUT2D eigenvalue weighted by Crippen LogP contribution is 2.34. The van der Waals surface area contributed by atoms with Gasteiger partial charge in [0.25, 0.3) is 0 Å². The van der Waals surface area contributed by atoms with Crippen LogP contribution >= 0.6 is 27.3 Å². The highest BCUT2D eigenvalue weighted by molar-refractivity contribution is 9.10. The molecule has 4 nitrogen and oxygen atoms in total. The Kier molecular flexibility index (Phi) is 4.61. The molecular weight excluding hydrogens is 364 g/mol. The number of aromatic nitrogens is 1. The average molecular weight is 381 g/mol. The van der Waals surface area contributed by atoms with Crippen LogP contribution in [-0.4, -0.2) is 30.1 Å². The highest BCUT2D eigenvalue weighted by atomic mass is 79.9. The number of aldehydes is 1. The van der Waals surface area contributed by atoms with Crippen molar-refractivity contribution in [2.24, 2.45) is 5.92 Å². The van der Waals surface area contributed by atoms with Gasteiger partial charge in [-0.25, -0.2) is 4.98 Å². The summed E-state index contributed by atoms with van der Waals surface area (Å²) in [5.41, 5.74) is 1.99. The summed E-state index contributed by atoms with van der Waals surface area (Å²) in [6.45, 7) is 4.84. The van der Waals surface area contributed by atoms with Crippen LogP contribution in [0.4, 0.5) is 5.13 Å². The van der Waals surface area contributed by atoms with E-state index in [0.717, 1.165) is 27.1 Å². The fraction of sp³-hybridized carbons (Fsp3) is 0.375. The van der Waals surface area contributed by atoms with Crippen LogP contribution in [0.2, 0.25) is 0 Å². The molecule has 116 valence electrons. The monoisotopic (exact) mass is 380 g/mol. The van der Waals surface area contributed by atoms with Gasteiger partial charge in [0.2, 0.25) is 0 Å². The van der Waals surface area contributed by atoms with Gasteiger partial charge in [0.15, 0.2) is 17.6 Å². The van der Waals surface area contributed by atoms with E-state index in [0.29, 0.717) is 12.5 Å². The summed E-state index contributed by atoms with van der Waals surface area (Å²) in [6.07, 6.45) is 0.319. The lowest BCUT2D eigenvalue weighted by Gasteiger charge is -2.27. The molecule has 0 N–H and O–H groups in total. The van der Waals surface area contributed by atoms with E-state index < -0.39 is 6.23 Å². The maximum absolute atomic E-state index is 11.3. The first-order valence-electron chi connectivity index (χ1n) is 7.17. The number of anilines is 1. The second-order valence-corrected chi connectivity index (χ2v) is 7.35. The molecule has 1 fully saturated rings. The molecule has 3 rings (SSSR count). The molecular formula is C16H17BrN2O2S. The van der Waals surface area contributed by atoms with Crippen molar-refractivity contribution in [3.63, 3.8) is 0 Å². The molecule has 1 saturated heterocycles. The summed E-state index contributed by atoms with van der Waals surface area (Å²) in [5.74, 6) is 0.394. The predicted octanol–water partition coefficient (Wildman–Crippen LogP) is 3.96. The van der Waals surface area contributed by atoms with Crippen LogP contribution in [0.15, 0.2) is 34.1 Å². The lowest BCUT2D eigenvalue weighted by atomic mass is 10.1. The molecule has 2 atom stereocenters. The number of carbonyl (C=O) groups is 1. The molecule has 2 aromatic rings. The maximum atomic E-state index is 11.3. The summed E-state index contributed by atoms with van der Waals surface area (Å²) in [5, 5.41) is 2.86. The van der Waals surface area contributed by atoms with Crippen molar-refractivity contribution in [1.82, 2.24) is 4.98 Å². The predicted molar refractivity (Wildman–Crippen MR) is 92.2 cm³/mol. The lowest BCUT2D eigenvalue weighted by molar-refractivity contribution is -0.115. The molecule has 0 aliphatic carbocycles. The van der Waals surface area contributed by atoms with Gasteiger partial charge in [-0.2, -0.15) is 0 Å². The number of halogens is 1. The minimum atomic E-state index is -0.531. The molecule has 0 spiro atoms. The van der Waals surface area contributed by atoms with E-state index >= 15 is 0 Å². The number of rotatable bonds is 4. The van der Waals surface area contributed by atoms with Crippen LogP contribution in [0.25, 0.3) is 11.3 Å². The lowest BCUT2D eigenvalue weighted by Crippen LogP contribution is -2.40. The number of nitrogens with zero attached hydrogens (tertiary/aromatic N) is 2. The Balaban J connectivity index is 1.91. The number of hydrogen-bond acceptors (Lipinski definition) is 5. The number of carbonyl (C=O) groups excluding carboxylic acids is 1. The SMILES string of the molecule is CC(C)C1COC(C=O)N1c1nc(-c2ccc(Br)cc2)cs1. The van der Waals surface area contributed by atoms with E-state index in [2.05, 4.69) is 29.8 Å². The molecule has 1 aromatic heterocycles. The van der Waals surface area contributed by atoms with Gasteiger partial charge in [-0.15, -0.1) is 11.3 Å². The zero-order valence-corrected chi connectivity index (χ0v) is 14.8. The van der Waals surface area contributed by atoms with Gasteiger partial charge in [-0.05, 0) is 18.1 Å². The van der Waals surface area contributed by atoms with Crippen molar-refractivity contribution in [3.8, 4) is 11.3 Å². The Bertz CT molecular complexity index is 656. The Morgan fingerprint density at radius 3 is 2.77 bits per heavy atom. The van der Waals surface area contributed by atoms with E-state index in [1.165, 1.54) is 0 Å². The van der Waals surface area contributed by atoms with Crippen molar-refractivity contribution in [2.75, 3.05) is 11.5 Å². The van der Waals surface area contributed by atoms with Gasteiger partial charge in [0, 0.05) is 15.4 Å². The zero-order chi connectivity index (χ0) is 15.7. The first-order valence-corrected chi connectivity index (χ1v) is 8.84. The Hall–Kier alpha value is -1.24. The van der Waals surface area contributed by atoms with Crippen LogP contribution in [0.5, 0.6) is 0 Å². The highest BCUT2D eigenvalue weighted by Gasteiger charge is 2.37. The molecule has 2 heterocycles. The third-order valence-electron chi connectivity index (χ3n) is 3.81. The summed E-state index contributed by atoms with van der Waals surface area (Å²) < 4.78 is 6.63. The van der Waals surface area contributed by atoms with Crippen LogP contribution < -0.4 is 4.90 Å². The minimum Gasteiger partial charge on any atom is -0.349 e. The molecule has 0 radical (unpaired) electrons. The van der Waals surface area contributed by atoms with E-state index in [-0.39, 0.29) is 6.04 Å². The molecule has 6 heteroatoms. The summed E-state index contributed by atoms with van der Waals surface area (Å²) >= 11 is 4.99. The Morgan fingerprint density at radius 2 is 2.14 bits per heavy atom. The average Bonchev–Trinajstić information content (AvgIpc) is 3.14. The van der Waals surface area contributed by atoms with Crippen molar-refractivity contribution >= 4 is 38.7 Å². The normalized spacial score (nSPS) is 21.5. The van der Waals surface area contributed by atoms with Crippen LogP contribution in [0, 0.1) is 5.92 Å². The molecule has 0 saturated carbocycles. The third kappa shape index (κ3) is 2.95. The Labute approximate surface area is 142 Å². The van der Waals surface area contributed by atoms with E-state index in [9.17, 15) is 4.79 Å². The molecule has 0 amide bonds. The standard InChI is InChI=1S/C16H17BrN2O2S/c1-10(2)14-8-21-15(7-20)19(14)16-18-13(9-22-16)11-3-5-12(17)6-4-11/h3-7,9-10,14-15H,8H2,1-2H3. The minimum absolute atomic E-state index is 0.180. The fourth-order valence-electron chi connectivity index (χ4n) is 2.55. The van der Waals surface area contributed by atoms with Gasteiger partial charge in [-0.3, -0.25) is 4.79 Å². The van der Waals surface area contributed by atoms with Crippen molar-refractivity contribution in [2.45, 2.75) is 26.1 Å². The third-order valence-corrected chi connectivity index (χ3v) is 5.19. The second-order valence-electron chi connectivity index (χ2n) is 5.60. The molecule has 1 aliphatic heterocycles. The van der Waals surface area contributed by atoms with E-state index in [1.54, 1.807) is 11.3 Å². The van der Waals surface area contributed by atoms with Crippen LogP contribution in [-0.2, 0) is 9.53 Å². The van der Waals surface area contributed by atoms with Crippen molar-refractivity contribution < 1.29 is 9.53 Å². The van der Waals surface area contributed by atoms with Crippen LogP contribution in [0.3, 0.4) is 0 Å². The second kappa shape index (κ2) is 6.48. The Morgan fingerprint density at radius 1 is 1.41 bits per heavy atom. The summed E-state index contributed by atoms with van der Waals surface area (Å²) in [6, 6.07) is 8.23. The maximum Gasteiger partial charge on any atom is 0.188 e. The fourth-order valence-corrected chi connectivity index (χ4v) is 3.73. The van der Waals surface area contributed by atoms with Crippen LogP contribution in [0.1, 0.15) is 13.8 Å².